The second-order valence-corrected chi connectivity index (χ2v) is 9.41. The number of piperazine rings is 1. The normalized spacial score (nSPS) is 16.6. The molecule has 1 aliphatic carbocycles. The number of carbonyl (C=O) groups is 1. The Morgan fingerprint density at radius 2 is 1.89 bits per heavy atom. The molecule has 11 heteroatoms. The van der Waals surface area contributed by atoms with Crippen molar-refractivity contribution in [1.29, 1.82) is 0 Å². The Kier molecular flexibility index (Phi) is 8.17. The smallest absolute Gasteiger partial charge is 0.369 e. The van der Waals surface area contributed by atoms with E-state index in [4.69, 9.17) is 0 Å². The fraction of sp³-hybridized carbons (Fsp3) is 0.560. The molecule has 36 heavy (non-hydrogen) atoms. The summed E-state index contributed by atoms with van der Waals surface area (Å²) in [5.41, 5.74) is 2.02. The van der Waals surface area contributed by atoms with Gasteiger partial charge in [0, 0.05) is 62.8 Å². The summed E-state index contributed by atoms with van der Waals surface area (Å²) in [6.45, 7) is 6.59. The number of aromatic nitrogens is 2. The van der Waals surface area contributed by atoms with Crippen molar-refractivity contribution in [2.45, 2.75) is 38.8 Å². The van der Waals surface area contributed by atoms with Gasteiger partial charge in [-0.05, 0) is 56.5 Å². The number of anilines is 4. The van der Waals surface area contributed by atoms with Crippen LogP contribution >= 0.6 is 0 Å². The molecule has 1 aromatic carbocycles. The Morgan fingerprint density at radius 3 is 2.56 bits per heavy atom. The lowest BCUT2D eigenvalue weighted by Crippen LogP contribution is -2.44. The van der Waals surface area contributed by atoms with Crippen molar-refractivity contribution < 1.29 is 18.0 Å². The van der Waals surface area contributed by atoms with Gasteiger partial charge in [0.2, 0.25) is 11.9 Å². The van der Waals surface area contributed by atoms with Crippen molar-refractivity contribution in [1.82, 2.24) is 20.2 Å². The second kappa shape index (κ2) is 11.3. The second-order valence-electron chi connectivity index (χ2n) is 9.41. The van der Waals surface area contributed by atoms with E-state index in [0.29, 0.717) is 13.0 Å². The van der Waals surface area contributed by atoms with Crippen LogP contribution in [0.4, 0.5) is 36.3 Å². The number of amides is 1. The summed E-state index contributed by atoms with van der Waals surface area (Å²) in [5.74, 6) is -0.0611. The molecular formula is C25H34F3N7O. The average Bonchev–Trinajstić information content (AvgIpc) is 3.70. The van der Waals surface area contributed by atoms with Crippen molar-refractivity contribution in [3.63, 3.8) is 0 Å². The van der Waals surface area contributed by atoms with E-state index >= 15 is 0 Å². The zero-order chi connectivity index (χ0) is 25.7. The highest BCUT2D eigenvalue weighted by atomic mass is 19.4. The van der Waals surface area contributed by atoms with E-state index in [9.17, 15) is 18.0 Å². The molecule has 196 valence electrons. The maximum Gasteiger partial charge on any atom is 0.421 e. The Labute approximate surface area is 209 Å². The van der Waals surface area contributed by atoms with Crippen LogP contribution in [-0.4, -0.2) is 67.1 Å². The molecule has 0 unspecified atom stereocenters. The molecule has 8 nitrogen and oxygen atoms in total. The summed E-state index contributed by atoms with van der Waals surface area (Å²) in [6, 6.07) is 6.07. The molecule has 0 radical (unpaired) electrons. The molecular weight excluding hydrogens is 471 g/mol. The van der Waals surface area contributed by atoms with E-state index in [1.54, 1.807) is 0 Å². The van der Waals surface area contributed by atoms with Gasteiger partial charge in [-0.25, -0.2) is 4.98 Å². The summed E-state index contributed by atoms with van der Waals surface area (Å²) < 4.78 is 40.6. The van der Waals surface area contributed by atoms with Crippen molar-refractivity contribution in [2.75, 3.05) is 61.8 Å². The van der Waals surface area contributed by atoms with Crippen molar-refractivity contribution in [2.24, 2.45) is 5.92 Å². The van der Waals surface area contributed by atoms with Crippen LogP contribution < -0.4 is 20.9 Å². The van der Waals surface area contributed by atoms with E-state index in [1.165, 1.54) is 0 Å². The minimum Gasteiger partial charge on any atom is -0.369 e. The first-order valence-electron chi connectivity index (χ1n) is 12.5. The summed E-state index contributed by atoms with van der Waals surface area (Å²) >= 11 is 0. The van der Waals surface area contributed by atoms with Crippen LogP contribution in [0.25, 0.3) is 0 Å². The van der Waals surface area contributed by atoms with E-state index in [1.807, 2.05) is 19.1 Å². The summed E-state index contributed by atoms with van der Waals surface area (Å²) in [4.78, 5) is 24.4. The number of hydrogen-bond donors (Lipinski definition) is 3. The lowest BCUT2D eigenvalue weighted by Gasteiger charge is -2.34. The number of nitrogens with zero attached hydrogens (tertiary/aromatic N) is 4. The number of halogens is 3. The molecule has 1 saturated heterocycles. The largest absolute Gasteiger partial charge is 0.421 e. The van der Waals surface area contributed by atoms with Crippen LogP contribution in [0.2, 0.25) is 0 Å². The molecule has 0 bridgehead atoms. The minimum absolute atomic E-state index is 0.0184. The Bertz CT molecular complexity index is 1050. The molecule has 2 aromatic rings. The first kappa shape index (κ1) is 26.0. The molecule has 2 aliphatic rings. The fourth-order valence-corrected chi connectivity index (χ4v) is 4.16. The first-order chi connectivity index (χ1) is 17.2. The maximum atomic E-state index is 13.5. The third-order valence-electron chi connectivity index (χ3n) is 6.57. The third-order valence-corrected chi connectivity index (χ3v) is 6.57. The molecule has 1 aliphatic heterocycles. The monoisotopic (exact) mass is 505 g/mol. The Balaban J connectivity index is 1.43. The predicted molar refractivity (Wildman–Crippen MR) is 135 cm³/mol. The summed E-state index contributed by atoms with van der Waals surface area (Å²) in [6.07, 6.45) is -0.725. The fourth-order valence-electron chi connectivity index (χ4n) is 4.16. The molecule has 1 aromatic heterocycles. The van der Waals surface area contributed by atoms with Gasteiger partial charge in [-0.2, -0.15) is 18.2 Å². The van der Waals surface area contributed by atoms with E-state index in [2.05, 4.69) is 48.8 Å². The number of nitrogens with one attached hydrogen (secondary N) is 3. The van der Waals surface area contributed by atoms with Gasteiger partial charge in [-0.15, -0.1) is 0 Å². The van der Waals surface area contributed by atoms with Crippen molar-refractivity contribution >= 4 is 29.0 Å². The van der Waals surface area contributed by atoms with Crippen molar-refractivity contribution in [3.8, 4) is 0 Å². The first-order valence-corrected chi connectivity index (χ1v) is 12.5. The number of aryl methyl sites for hydroxylation is 1. The summed E-state index contributed by atoms with van der Waals surface area (Å²) in [5, 5.41) is 8.69. The number of carbonyl (C=O) groups excluding carboxylic acids is 1. The number of benzene rings is 1. The SMILES string of the molecule is CCc1cc(N2CCN(C)CC2)ccc1Nc1ncc(C(F)(F)F)c(NCCCNC(=O)C2CC2)n1. The molecule has 0 atom stereocenters. The van der Waals surface area contributed by atoms with E-state index in [-0.39, 0.29) is 30.1 Å². The zero-order valence-corrected chi connectivity index (χ0v) is 20.8. The molecule has 2 heterocycles. The van der Waals surface area contributed by atoms with Crippen LogP contribution in [-0.2, 0) is 17.4 Å². The maximum absolute atomic E-state index is 13.5. The molecule has 0 spiro atoms. The third kappa shape index (κ3) is 6.77. The topological polar surface area (TPSA) is 85.4 Å². The van der Waals surface area contributed by atoms with Gasteiger partial charge in [0.05, 0.1) is 0 Å². The van der Waals surface area contributed by atoms with Gasteiger partial charge in [0.1, 0.15) is 11.4 Å². The molecule has 3 N–H and O–H groups in total. The Hall–Kier alpha value is -3.08. The highest BCUT2D eigenvalue weighted by molar-refractivity contribution is 5.80. The number of hydrogen-bond acceptors (Lipinski definition) is 7. The lowest BCUT2D eigenvalue weighted by atomic mass is 10.1. The Morgan fingerprint density at radius 1 is 1.14 bits per heavy atom. The van der Waals surface area contributed by atoms with Crippen molar-refractivity contribution in [3.05, 3.63) is 35.5 Å². The molecule has 2 fully saturated rings. The van der Waals surface area contributed by atoms with Gasteiger partial charge in [0.15, 0.2) is 0 Å². The van der Waals surface area contributed by atoms with Crippen LogP contribution in [0.3, 0.4) is 0 Å². The number of alkyl halides is 3. The van der Waals surface area contributed by atoms with Crippen LogP contribution in [0.5, 0.6) is 0 Å². The zero-order valence-electron chi connectivity index (χ0n) is 20.8. The van der Waals surface area contributed by atoms with E-state index < -0.39 is 11.7 Å². The van der Waals surface area contributed by atoms with Crippen LogP contribution in [0, 0.1) is 5.92 Å². The van der Waals surface area contributed by atoms with Gasteiger partial charge >= 0.3 is 6.18 Å². The highest BCUT2D eigenvalue weighted by Crippen LogP contribution is 2.34. The molecule has 1 saturated carbocycles. The van der Waals surface area contributed by atoms with Gasteiger partial charge in [-0.1, -0.05) is 6.92 Å². The van der Waals surface area contributed by atoms with Crippen LogP contribution in [0.1, 0.15) is 37.3 Å². The molecule has 1 amide bonds. The average molecular weight is 506 g/mol. The van der Waals surface area contributed by atoms with Crippen LogP contribution in [0.15, 0.2) is 24.4 Å². The number of likely N-dealkylation sites (N-methyl/N-ethyl adjacent to an activating group) is 1. The highest BCUT2D eigenvalue weighted by Gasteiger charge is 2.35. The standard InChI is InChI=1S/C25H34F3N7O/c1-3-17-15-19(35-13-11-34(2)12-14-35)7-8-21(17)32-24-31-16-20(25(26,27)28)22(33-24)29-9-4-10-30-23(36)18-5-6-18/h7-8,15-16,18H,3-6,9-14H2,1-2H3,(H,30,36)(H2,29,31,32,33). The summed E-state index contributed by atoms with van der Waals surface area (Å²) in [7, 11) is 2.11. The van der Waals surface area contributed by atoms with Gasteiger partial charge in [-0.3, -0.25) is 4.79 Å². The predicted octanol–water partition coefficient (Wildman–Crippen LogP) is 3.88. The van der Waals surface area contributed by atoms with E-state index in [0.717, 1.165) is 68.6 Å². The lowest BCUT2D eigenvalue weighted by molar-refractivity contribution is -0.137. The number of rotatable bonds is 10. The van der Waals surface area contributed by atoms with Gasteiger partial charge in [0.25, 0.3) is 0 Å². The quantitative estimate of drug-likeness (QED) is 0.423. The molecule has 4 rings (SSSR count). The van der Waals surface area contributed by atoms with Gasteiger partial charge < -0.3 is 25.8 Å². The minimum atomic E-state index is -4.58.